The van der Waals surface area contributed by atoms with Gasteiger partial charge >= 0.3 is 0 Å². The highest BCUT2D eigenvalue weighted by Gasteiger charge is 2.45. The molecule has 5 heteroatoms. The highest BCUT2D eigenvalue weighted by molar-refractivity contribution is 5.84. The third-order valence-corrected chi connectivity index (χ3v) is 4.31. The molecule has 5 nitrogen and oxygen atoms in total. The molecule has 116 valence electrons. The number of hydrogen-bond acceptors (Lipinski definition) is 4. The maximum Gasteiger partial charge on any atom is 0.254 e. The van der Waals surface area contributed by atoms with Gasteiger partial charge in [0.25, 0.3) is 5.91 Å². The van der Waals surface area contributed by atoms with Crippen LogP contribution >= 0.6 is 0 Å². The lowest BCUT2D eigenvalue weighted by atomic mass is 10.1. The molecule has 22 heavy (non-hydrogen) atoms. The quantitative estimate of drug-likeness (QED) is 0.803. The number of nitrogens with zero attached hydrogens (tertiary/aromatic N) is 1. The first-order chi connectivity index (χ1) is 10.8. The molecule has 0 radical (unpaired) electrons. The van der Waals surface area contributed by atoms with Crippen molar-refractivity contribution in [2.24, 2.45) is 0 Å². The van der Waals surface area contributed by atoms with Gasteiger partial charge in [-0.15, -0.1) is 0 Å². The predicted octanol–water partition coefficient (Wildman–Crippen LogP) is 2.21. The van der Waals surface area contributed by atoms with Crippen molar-refractivity contribution in [1.82, 2.24) is 4.90 Å². The molecular weight excluding hydrogens is 282 g/mol. The van der Waals surface area contributed by atoms with Crippen LogP contribution in [0.15, 0.2) is 24.3 Å². The van der Waals surface area contributed by atoms with Crippen molar-refractivity contribution in [2.45, 2.75) is 31.5 Å². The van der Waals surface area contributed by atoms with E-state index in [9.17, 15) is 4.79 Å². The van der Waals surface area contributed by atoms with Gasteiger partial charge in [0, 0.05) is 13.1 Å². The van der Waals surface area contributed by atoms with Gasteiger partial charge in [-0.2, -0.15) is 0 Å². The molecule has 1 aromatic rings. The van der Waals surface area contributed by atoms with E-state index in [1.54, 1.807) is 0 Å². The van der Waals surface area contributed by atoms with E-state index >= 15 is 0 Å². The van der Waals surface area contributed by atoms with Crippen LogP contribution in [0.2, 0.25) is 0 Å². The first-order valence-corrected chi connectivity index (χ1v) is 7.83. The number of ether oxygens (including phenoxy) is 3. The zero-order chi connectivity index (χ0) is 14.9. The lowest BCUT2D eigenvalue weighted by molar-refractivity contribution is -0.133. The monoisotopic (exact) mass is 301 g/mol. The van der Waals surface area contributed by atoms with E-state index in [-0.39, 0.29) is 24.9 Å². The number of fused-ring (bicyclic) bond motifs is 1. The van der Waals surface area contributed by atoms with Crippen LogP contribution in [0.25, 0.3) is 6.08 Å². The molecule has 0 aromatic heterocycles. The minimum Gasteiger partial charge on any atom is -0.454 e. The summed E-state index contributed by atoms with van der Waals surface area (Å²) in [6.07, 6.45) is 6.97. The van der Waals surface area contributed by atoms with Crippen LogP contribution in [0, 0.1) is 0 Å². The molecule has 4 rings (SSSR count). The van der Waals surface area contributed by atoms with Crippen LogP contribution < -0.4 is 9.47 Å². The highest BCUT2D eigenvalue weighted by Crippen LogP contribution is 2.33. The summed E-state index contributed by atoms with van der Waals surface area (Å²) in [5.74, 6) is 1.68. The average molecular weight is 301 g/mol. The van der Waals surface area contributed by atoms with Crippen molar-refractivity contribution in [3.05, 3.63) is 29.8 Å². The number of amides is 1. The second-order valence-electron chi connectivity index (χ2n) is 5.88. The Morgan fingerprint density at radius 3 is 2.82 bits per heavy atom. The molecule has 0 bridgehead atoms. The van der Waals surface area contributed by atoms with Gasteiger partial charge in [-0.1, -0.05) is 18.2 Å². The fourth-order valence-corrected chi connectivity index (χ4v) is 2.99. The van der Waals surface area contributed by atoms with Crippen LogP contribution in [0.1, 0.15) is 24.8 Å². The van der Waals surface area contributed by atoms with Gasteiger partial charge in [0.2, 0.25) is 6.79 Å². The predicted molar refractivity (Wildman–Crippen MR) is 80.7 cm³/mol. The molecule has 2 atom stereocenters. The highest BCUT2D eigenvalue weighted by atomic mass is 16.7. The molecule has 3 aliphatic rings. The number of piperidine rings is 1. The lowest BCUT2D eigenvalue weighted by Gasteiger charge is -2.25. The molecule has 0 saturated carbocycles. The standard InChI is InChI=1S/C17H19NO4/c19-17(18-8-2-1-3-9-18)16-14(22-16)7-5-12-4-6-13-15(10-12)21-11-20-13/h4-7,10,14,16H,1-3,8-9,11H2. The van der Waals surface area contributed by atoms with Crippen molar-refractivity contribution < 1.29 is 19.0 Å². The number of likely N-dealkylation sites (tertiary alicyclic amines) is 1. The minimum atomic E-state index is -0.289. The smallest absolute Gasteiger partial charge is 0.254 e. The van der Waals surface area contributed by atoms with Crippen molar-refractivity contribution in [1.29, 1.82) is 0 Å². The number of epoxide rings is 1. The van der Waals surface area contributed by atoms with E-state index in [0.29, 0.717) is 0 Å². The Morgan fingerprint density at radius 1 is 1.14 bits per heavy atom. The Kier molecular flexibility index (Phi) is 3.50. The Morgan fingerprint density at radius 2 is 1.95 bits per heavy atom. The van der Waals surface area contributed by atoms with Gasteiger partial charge in [-0.05, 0) is 37.0 Å². The Bertz CT molecular complexity index is 607. The summed E-state index contributed by atoms with van der Waals surface area (Å²) in [5, 5.41) is 0. The fourth-order valence-electron chi connectivity index (χ4n) is 2.99. The van der Waals surface area contributed by atoms with Crippen LogP contribution in [0.3, 0.4) is 0 Å². The summed E-state index contributed by atoms with van der Waals surface area (Å²) in [6.45, 7) is 2.02. The van der Waals surface area contributed by atoms with Gasteiger partial charge in [-0.3, -0.25) is 4.79 Å². The van der Waals surface area contributed by atoms with E-state index in [1.165, 1.54) is 6.42 Å². The molecule has 2 fully saturated rings. The fraction of sp³-hybridized carbons (Fsp3) is 0.471. The summed E-state index contributed by atoms with van der Waals surface area (Å²) in [6, 6.07) is 5.79. The normalized spacial score (nSPS) is 26.5. The second-order valence-corrected chi connectivity index (χ2v) is 5.88. The number of rotatable bonds is 3. The third-order valence-electron chi connectivity index (χ3n) is 4.31. The van der Waals surface area contributed by atoms with Crippen LogP contribution in [-0.2, 0) is 9.53 Å². The van der Waals surface area contributed by atoms with Gasteiger partial charge < -0.3 is 19.1 Å². The third kappa shape index (κ3) is 2.68. The number of carbonyl (C=O) groups excluding carboxylic acids is 1. The summed E-state index contributed by atoms with van der Waals surface area (Å²) in [5.41, 5.74) is 1.02. The second kappa shape index (κ2) is 5.65. The summed E-state index contributed by atoms with van der Waals surface area (Å²) >= 11 is 0. The molecule has 0 N–H and O–H groups in total. The van der Waals surface area contributed by atoms with Gasteiger partial charge in [0.15, 0.2) is 17.6 Å². The Hall–Kier alpha value is -2.01. The van der Waals surface area contributed by atoms with Crippen LogP contribution in [0.5, 0.6) is 11.5 Å². The number of carbonyl (C=O) groups is 1. The molecule has 2 saturated heterocycles. The van der Waals surface area contributed by atoms with Crippen molar-refractivity contribution >= 4 is 12.0 Å². The number of benzene rings is 1. The molecule has 1 amide bonds. The van der Waals surface area contributed by atoms with Crippen LogP contribution in [-0.4, -0.2) is 42.9 Å². The van der Waals surface area contributed by atoms with Gasteiger partial charge in [0.05, 0.1) is 0 Å². The molecular formula is C17H19NO4. The molecule has 2 unspecified atom stereocenters. The average Bonchev–Trinajstić information content (AvgIpc) is 3.20. The molecule has 0 spiro atoms. The SMILES string of the molecule is O=C(C1OC1C=Cc1ccc2c(c1)OCO2)N1CCCCC1. The minimum absolute atomic E-state index is 0.0974. The summed E-state index contributed by atoms with van der Waals surface area (Å²) in [7, 11) is 0. The topological polar surface area (TPSA) is 51.3 Å². The van der Waals surface area contributed by atoms with Crippen molar-refractivity contribution in [3.8, 4) is 11.5 Å². The first-order valence-electron chi connectivity index (χ1n) is 7.83. The van der Waals surface area contributed by atoms with E-state index in [0.717, 1.165) is 43.0 Å². The Balaban J connectivity index is 1.35. The maximum atomic E-state index is 12.3. The van der Waals surface area contributed by atoms with Crippen molar-refractivity contribution in [3.63, 3.8) is 0 Å². The Labute approximate surface area is 129 Å². The zero-order valence-electron chi connectivity index (χ0n) is 12.4. The molecule has 3 heterocycles. The largest absolute Gasteiger partial charge is 0.454 e. The zero-order valence-corrected chi connectivity index (χ0v) is 12.4. The molecule has 0 aliphatic carbocycles. The molecule has 3 aliphatic heterocycles. The van der Waals surface area contributed by atoms with E-state index in [4.69, 9.17) is 14.2 Å². The van der Waals surface area contributed by atoms with E-state index in [1.807, 2.05) is 35.3 Å². The lowest BCUT2D eigenvalue weighted by Crippen LogP contribution is -2.38. The van der Waals surface area contributed by atoms with Gasteiger partial charge in [0.1, 0.15) is 6.10 Å². The first kappa shape index (κ1) is 13.6. The number of hydrogen-bond donors (Lipinski definition) is 0. The summed E-state index contributed by atoms with van der Waals surface area (Å²) in [4.78, 5) is 14.2. The molecule has 1 aromatic carbocycles. The summed E-state index contributed by atoms with van der Waals surface area (Å²) < 4.78 is 16.2. The van der Waals surface area contributed by atoms with E-state index < -0.39 is 0 Å². The van der Waals surface area contributed by atoms with Gasteiger partial charge in [-0.25, -0.2) is 0 Å². The maximum absolute atomic E-state index is 12.3. The van der Waals surface area contributed by atoms with E-state index in [2.05, 4.69) is 0 Å². The van der Waals surface area contributed by atoms with Crippen LogP contribution in [0.4, 0.5) is 0 Å². The van der Waals surface area contributed by atoms with Crippen molar-refractivity contribution in [2.75, 3.05) is 19.9 Å².